The summed E-state index contributed by atoms with van der Waals surface area (Å²) in [5.41, 5.74) is 1.19. The van der Waals surface area contributed by atoms with Crippen molar-refractivity contribution >= 4 is 12.9 Å². The van der Waals surface area contributed by atoms with Crippen molar-refractivity contribution in [2.45, 2.75) is 71.6 Å². The predicted octanol–water partition coefficient (Wildman–Crippen LogP) is 3.08. The Balaban J connectivity index is 2.44. The topological polar surface area (TPSA) is 47.6 Å². The quantitative estimate of drug-likeness (QED) is 0.812. The van der Waals surface area contributed by atoms with E-state index in [9.17, 15) is 4.79 Å². The van der Waals surface area contributed by atoms with Gasteiger partial charge < -0.3 is 14.6 Å². The fraction of sp³-hybridized carbons (Fsp3) is 0.722. The molecule has 1 saturated heterocycles. The van der Waals surface area contributed by atoms with Crippen LogP contribution >= 0.6 is 0 Å². The van der Waals surface area contributed by atoms with Gasteiger partial charge in [-0.05, 0) is 71.1 Å². The molecule has 2 aliphatic rings. The van der Waals surface area contributed by atoms with Gasteiger partial charge in [-0.3, -0.25) is 4.79 Å². The highest BCUT2D eigenvalue weighted by Gasteiger charge is 2.53. The van der Waals surface area contributed by atoms with E-state index in [4.69, 9.17) is 9.31 Å². The average molecular weight is 319 g/mol. The molecular formula is C18H30BNO3. The van der Waals surface area contributed by atoms with Crippen molar-refractivity contribution < 1.29 is 14.1 Å². The molecule has 2 rings (SSSR count). The number of hydrogen-bond acceptors (Lipinski definition) is 4. The molecule has 2 atom stereocenters. The molecule has 128 valence electrons. The van der Waals surface area contributed by atoms with Gasteiger partial charge in [-0.2, -0.15) is 0 Å². The normalized spacial score (nSPS) is 28.7. The third-order valence-corrected chi connectivity index (χ3v) is 5.37. The summed E-state index contributed by atoms with van der Waals surface area (Å²) in [6, 6.07) is 0.0644. The minimum absolute atomic E-state index is 0.0644. The van der Waals surface area contributed by atoms with Crippen LogP contribution in [-0.2, 0) is 14.1 Å². The smallest absolute Gasteiger partial charge is 0.399 e. The molecular weight excluding hydrogens is 289 g/mol. The summed E-state index contributed by atoms with van der Waals surface area (Å²) in [6.07, 6.45) is 5.44. The van der Waals surface area contributed by atoms with Crippen molar-refractivity contribution in [3.8, 4) is 0 Å². The van der Waals surface area contributed by atoms with Gasteiger partial charge >= 0.3 is 7.12 Å². The van der Waals surface area contributed by atoms with Crippen LogP contribution in [0.1, 0.15) is 54.4 Å². The van der Waals surface area contributed by atoms with E-state index in [1.54, 1.807) is 6.08 Å². The van der Waals surface area contributed by atoms with Crippen molar-refractivity contribution in [2.75, 3.05) is 7.05 Å². The summed E-state index contributed by atoms with van der Waals surface area (Å²) >= 11 is 0. The lowest BCUT2D eigenvalue weighted by Gasteiger charge is -2.32. The molecule has 0 aromatic rings. The summed E-state index contributed by atoms with van der Waals surface area (Å²) in [7, 11) is 1.47. The standard InChI is InChI=1S/C18H30BNO3/c1-12-8-9-14(21)11-15(13(2)20-7)16(10-12)19-22-17(3,4)18(5,6)23-19/h10-13,20H,8-9H2,1-7H3/t12?,13-/m0/s1. The second-order valence-corrected chi connectivity index (χ2v) is 7.80. The monoisotopic (exact) mass is 319 g/mol. The molecule has 0 amide bonds. The summed E-state index contributed by atoms with van der Waals surface area (Å²) in [5, 5.41) is 3.24. The van der Waals surface area contributed by atoms with Crippen LogP contribution in [0.15, 0.2) is 23.2 Å². The van der Waals surface area contributed by atoms with Gasteiger partial charge in [0.1, 0.15) is 0 Å². The van der Waals surface area contributed by atoms with Crippen LogP contribution in [0.25, 0.3) is 0 Å². The molecule has 0 radical (unpaired) electrons. The highest BCUT2D eigenvalue weighted by atomic mass is 16.7. The van der Waals surface area contributed by atoms with Gasteiger partial charge in [0, 0.05) is 12.5 Å². The maximum atomic E-state index is 12.2. The lowest BCUT2D eigenvalue weighted by atomic mass is 9.69. The molecule has 5 heteroatoms. The highest BCUT2D eigenvalue weighted by Crippen LogP contribution is 2.40. The number of rotatable bonds is 3. The first-order valence-electron chi connectivity index (χ1n) is 8.57. The first kappa shape index (κ1) is 18.4. The van der Waals surface area contributed by atoms with Gasteiger partial charge in [0.2, 0.25) is 0 Å². The Morgan fingerprint density at radius 1 is 1.26 bits per heavy atom. The molecule has 1 N–H and O–H groups in total. The van der Waals surface area contributed by atoms with E-state index >= 15 is 0 Å². The summed E-state index contributed by atoms with van der Waals surface area (Å²) < 4.78 is 12.5. The molecule has 0 spiro atoms. The minimum atomic E-state index is -0.435. The molecule has 0 aromatic heterocycles. The van der Waals surface area contributed by atoms with Crippen molar-refractivity contribution in [3.63, 3.8) is 0 Å². The Morgan fingerprint density at radius 3 is 2.35 bits per heavy atom. The van der Waals surface area contributed by atoms with Crippen molar-refractivity contribution in [1.82, 2.24) is 5.32 Å². The highest BCUT2D eigenvalue weighted by molar-refractivity contribution is 6.56. The van der Waals surface area contributed by atoms with Gasteiger partial charge in [-0.15, -0.1) is 0 Å². The molecule has 1 aliphatic carbocycles. The fourth-order valence-electron chi connectivity index (χ4n) is 2.90. The molecule has 4 nitrogen and oxygen atoms in total. The van der Waals surface area contributed by atoms with Crippen molar-refractivity contribution in [2.24, 2.45) is 5.92 Å². The minimum Gasteiger partial charge on any atom is -0.399 e. The Labute approximate surface area is 140 Å². The molecule has 1 heterocycles. The molecule has 0 aromatic carbocycles. The largest absolute Gasteiger partial charge is 0.494 e. The van der Waals surface area contributed by atoms with Crippen LogP contribution in [0.3, 0.4) is 0 Å². The zero-order valence-corrected chi connectivity index (χ0v) is 15.5. The van der Waals surface area contributed by atoms with Crippen LogP contribution in [0.4, 0.5) is 0 Å². The Hall–Kier alpha value is -0.905. The number of nitrogens with one attached hydrogen (secondary N) is 1. The lowest BCUT2D eigenvalue weighted by Crippen LogP contribution is -2.41. The average Bonchev–Trinajstić information content (AvgIpc) is 2.66. The van der Waals surface area contributed by atoms with E-state index in [0.717, 1.165) is 17.5 Å². The van der Waals surface area contributed by atoms with Gasteiger partial charge in [0.05, 0.1) is 11.2 Å². The number of hydrogen-bond donors (Lipinski definition) is 1. The second-order valence-electron chi connectivity index (χ2n) is 7.80. The first-order chi connectivity index (χ1) is 10.6. The second kappa shape index (κ2) is 6.54. The van der Waals surface area contributed by atoms with Gasteiger partial charge in [0.25, 0.3) is 0 Å². The molecule has 1 aliphatic heterocycles. The third-order valence-electron chi connectivity index (χ3n) is 5.37. The summed E-state index contributed by atoms with van der Waals surface area (Å²) in [4.78, 5) is 12.2. The maximum Gasteiger partial charge on any atom is 0.494 e. The van der Waals surface area contributed by atoms with E-state index in [0.29, 0.717) is 12.3 Å². The van der Waals surface area contributed by atoms with Gasteiger partial charge in [0.15, 0.2) is 5.78 Å². The van der Waals surface area contributed by atoms with E-state index in [2.05, 4.69) is 52.9 Å². The summed E-state index contributed by atoms with van der Waals surface area (Å²) in [5.74, 6) is 0.497. The first-order valence-corrected chi connectivity index (χ1v) is 8.57. The molecule has 0 bridgehead atoms. The summed E-state index contributed by atoms with van der Waals surface area (Å²) in [6.45, 7) is 12.4. The van der Waals surface area contributed by atoms with Crippen LogP contribution in [0.2, 0.25) is 0 Å². The van der Waals surface area contributed by atoms with Crippen LogP contribution in [0, 0.1) is 5.92 Å². The van der Waals surface area contributed by atoms with Gasteiger partial charge in [-0.25, -0.2) is 0 Å². The van der Waals surface area contributed by atoms with E-state index < -0.39 is 7.12 Å². The molecule has 23 heavy (non-hydrogen) atoms. The van der Waals surface area contributed by atoms with E-state index in [-0.39, 0.29) is 23.0 Å². The Bertz CT molecular complexity index is 520. The molecule has 0 saturated carbocycles. The lowest BCUT2D eigenvalue weighted by molar-refractivity contribution is -0.114. The van der Waals surface area contributed by atoms with Crippen LogP contribution in [-0.4, -0.2) is 37.2 Å². The SMILES string of the molecule is CN[C@@H](C)C1=CC(=O)CCC(C)C=C1B1OC(C)(C)C(C)(C)O1. The van der Waals surface area contributed by atoms with Crippen molar-refractivity contribution in [3.05, 3.63) is 23.2 Å². The molecule has 1 unspecified atom stereocenters. The predicted molar refractivity (Wildman–Crippen MR) is 94.2 cm³/mol. The molecule has 1 fully saturated rings. The van der Waals surface area contributed by atoms with Crippen LogP contribution < -0.4 is 5.32 Å². The zero-order valence-electron chi connectivity index (χ0n) is 15.5. The number of carbonyl (C=O) groups excluding carboxylic acids is 1. The van der Waals surface area contributed by atoms with Crippen LogP contribution in [0.5, 0.6) is 0 Å². The van der Waals surface area contributed by atoms with E-state index in [1.165, 1.54) is 0 Å². The number of allylic oxidation sites excluding steroid dienone is 2. The van der Waals surface area contributed by atoms with E-state index in [1.807, 2.05) is 7.05 Å². The number of carbonyl (C=O) groups is 1. The number of ketones is 1. The van der Waals surface area contributed by atoms with Gasteiger partial charge in [-0.1, -0.05) is 13.0 Å². The number of likely N-dealkylation sites (N-methyl/N-ethyl adjacent to an activating group) is 1. The fourth-order valence-corrected chi connectivity index (χ4v) is 2.90. The third kappa shape index (κ3) is 3.78. The maximum absolute atomic E-state index is 12.2. The Morgan fingerprint density at radius 2 is 1.83 bits per heavy atom. The zero-order chi connectivity index (χ0) is 17.4. The Kier molecular flexibility index (Phi) is 5.24. The van der Waals surface area contributed by atoms with Crippen molar-refractivity contribution in [1.29, 1.82) is 0 Å².